The third-order valence-electron chi connectivity index (χ3n) is 5.42. The molecule has 164 valence electrons. The number of ether oxygens (including phenoxy) is 4. The molecule has 5 heteroatoms. The highest BCUT2D eigenvalue weighted by molar-refractivity contribution is 6.14. The molecule has 0 bridgehead atoms. The molecule has 0 amide bonds. The van der Waals surface area contributed by atoms with Crippen LogP contribution in [-0.2, 0) is 9.47 Å². The Bertz CT molecular complexity index is 1260. The first-order valence-corrected chi connectivity index (χ1v) is 10.5. The van der Waals surface area contributed by atoms with Crippen molar-refractivity contribution in [3.8, 4) is 22.6 Å². The van der Waals surface area contributed by atoms with E-state index in [-0.39, 0.29) is 19.4 Å². The zero-order valence-electron chi connectivity index (χ0n) is 18.5. The number of Topliss-reactive ketones (excluding diaryl/α,β-unsaturated/α-hetero) is 1. The lowest BCUT2D eigenvalue weighted by Crippen LogP contribution is -2.08. The van der Waals surface area contributed by atoms with Gasteiger partial charge < -0.3 is 18.9 Å². The van der Waals surface area contributed by atoms with Crippen molar-refractivity contribution >= 4 is 27.3 Å². The lowest BCUT2D eigenvalue weighted by molar-refractivity contribution is 0.0496. The van der Waals surface area contributed by atoms with Crippen molar-refractivity contribution in [1.29, 1.82) is 0 Å². The third-order valence-corrected chi connectivity index (χ3v) is 5.42. The molecular weight excluding hydrogens is 404 g/mol. The van der Waals surface area contributed by atoms with Crippen molar-refractivity contribution < 1.29 is 23.7 Å². The van der Waals surface area contributed by atoms with Crippen LogP contribution < -0.4 is 9.47 Å². The van der Waals surface area contributed by atoms with Gasteiger partial charge >= 0.3 is 0 Å². The molecular formula is C27H26O5. The largest absolute Gasteiger partial charge is 0.467 e. The lowest BCUT2D eigenvalue weighted by atomic mass is 9.89. The molecule has 0 fully saturated rings. The van der Waals surface area contributed by atoms with Gasteiger partial charge in [-0.1, -0.05) is 61.5 Å². The van der Waals surface area contributed by atoms with Crippen LogP contribution in [-0.4, -0.2) is 33.6 Å². The van der Waals surface area contributed by atoms with Crippen molar-refractivity contribution in [2.24, 2.45) is 0 Å². The van der Waals surface area contributed by atoms with Crippen molar-refractivity contribution in [1.82, 2.24) is 0 Å². The summed E-state index contributed by atoms with van der Waals surface area (Å²) >= 11 is 0. The summed E-state index contributed by atoms with van der Waals surface area (Å²) in [6.45, 7) is 1.97. The lowest BCUT2D eigenvalue weighted by Gasteiger charge is -2.21. The van der Waals surface area contributed by atoms with Crippen molar-refractivity contribution in [3.63, 3.8) is 0 Å². The fourth-order valence-corrected chi connectivity index (χ4v) is 3.99. The molecule has 4 rings (SSSR count). The van der Waals surface area contributed by atoms with Crippen LogP contribution in [0, 0.1) is 0 Å². The monoisotopic (exact) mass is 430 g/mol. The maximum absolute atomic E-state index is 13.0. The second-order valence-electron chi connectivity index (χ2n) is 7.39. The Labute approximate surface area is 187 Å². The Kier molecular flexibility index (Phi) is 6.69. The maximum Gasteiger partial charge on any atom is 0.188 e. The minimum Gasteiger partial charge on any atom is -0.467 e. The summed E-state index contributed by atoms with van der Waals surface area (Å²) in [6.07, 6.45) is 0.365. The molecule has 0 atom stereocenters. The van der Waals surface area contributed by atoms with Crippen LogP contribution in [0.1, 0.15) is 23.7 Å². The number of carbonyl (C=O) groups excluding carboxylic acids is 1. The summed E-state index contributed by atoms with van der Waals surface area (Å²) in [5.74, 6) is 1.15. The molecule has 0 N–H and O–H groups in total. The normalized spacial score (nSPS) is 11.1. The van der Waals surface area contributed by atoms with Crippen LogP contribution in [0.2, 0.25) is 0 Å². The predicted octanol–water partition coefficient (Wildman–Crippen LogP) is 6.22. The summed E-state index contributed by atoms with van der Waals surface area (Å²) in [5.41, 5.74) is 2.19. The Morgan fingerprint density at radius 1 is 0.750 bits per heavy atom. The number of carbonyl (C=O) groups is 1. The van der Waals surface area contributed by atoms with Gasteiger partial charge in [-0.15, -0.1) is 0 Å². The number of hydrogen-bond donors (Lipinski definition) is 0. The second-order valence-corrected chi connectivity index (χ2v) is 7.39. The highest BCUT2D eigenvalue weighted by atomic mass is 16.7. The van der Waals surface area contributed by atoms with E-state index < -0.39 is 0 Å². The van der Waals surface area contributed by atoms with Gasteiger partial charge in [0.05, 0.1) is 5.56 Å². The summed E-state index contributed by atoms with van der Waals surface area (Å²) in [5, 5.41) is 3.97. The van der Waals surface area contributed by atoms with Crippen LogP contribution in [0.3, 0.4) is 0 Å². The van der Waals surface area contributed by atoms with E-state index in [9.17, 15) is 4.79 Å². The highest BCUT2D eigenvalue weighted by Gasteiger charge is 2.24. The van der Waals surface area contributed by atoms with Crippen LogP contribution in [0.25, 0.3) is 32.7 Å². The Morgan fingerprint density at radius 2 is 1.38 bits per heavy atom. The van der Waals surface area contributed by atoms with Gasteiger partial charge in [0.2, 0.25) is 0 Å². The summed E-state index contributed by atoms with van der Waals surface area (Å²) in [6, 6.07) is 21.9. The topological polar surface area (TPSA) is 54.0 Å². The van der Waals surface area contributed by atoms with Gasteiger partial charge in [0.15, 0.2) is 19.4 Å². The standard InChI is InChI=1S/C27H26O5/c1-4-23(28)22-15-19-10-6-8-12-21(19)26(27(22)32-17-30-3)25-20-11-7-5-9-18(20)13-14-24(25)31-16-29-2/h5-15H,4,16-17H2,1-3H3. The third kappa shape index (κ3) is 4.05. The average Bonchev–Trinajstić information content (AvgIpc) is 2.84. The first kappa shape index (κ1) is 21.8. The van der Waals surface area contributed by atoms with Crippen molar-refractivity contribution in [2.45, 2.75) is 13.3 Å². The molecule has 0 aliphatic rings. The fraction of sp³-hybridized carbons (Fsp3) is 0.222. The van der Waals surface area contributed by atoms with Gasteiger partial charge in [0, 0.05) is 31.8 Å². The fourth-order valence-electron chi connectivity index (χ4n) is 3.99. The van der Waals surface area contributed by atoms with E-state index >= 15 is 0 Å². The molecule has 0 saturated heterocycles. The number of methoxy groups -OCH3 is 2. The smallest absolute Gasteiger partial charge is 0.188 e. The summed E-state index contributed by atoms with van der Waals surface area (Å²) in [7, 11) is 3.15. The number of hydrogen-bond acceptors (Lipinski definition) is 5. The Hall–Kier alpha value is -3.41. The first-order chi connectivity index (χ1) is 15.7. The minimum atomic E-state index is 0.00250. The molecule has 4 aromatic carbocycles. The van der Waals surface area contributed by atoms with E-state index in [0.717, 1.165) is 32.7 Å². The SMILES string of the molecule is CCC(=O)c1cc2ccccc2c(-c2c(OCOC)ccc3ccccc23)c1OCOC. The predicted molar refractivity (Wildman–Crippen MR) is 127 cm³/mol. The highest BCUT2D eigenvalue weighted by Crippen LogP contribution is 2.47. The Balaban J connectivity index is 2.16. The molecule has 0 aromatic heterocycles. The number of rotatable bonds is 9. The quantitative estimate of drug-likeness (QED) is 0.233. The number of fused-ring (bicyclic) bond motifs is 2. The van der Waals surface area contributed by atoms with E-state index in [1.165, 1.54) is 0 Å². The number of ketones is 1. The Morgan fingerprint density at radius 3 is 2.06 bits per heavy atom. The van der Waals surface area contributed by atoms with Crippen LogP contribution >= 0.6 is 0 Å². The summed E-state index contributed by atoms with van der Waals surface area (Å²) < 4.78 is 22.5. The zero-order chi connectivity index (χ0) is 22.5. The van der Waals surface area contributed by atoms with Gasteiger partial charge in [-0.2, -0.15) is 0 Å². The van der Waals surface area contributed by atoms with Gasteiger partial charge in [0.25, 0.3) is 0 Å². The van der Waals surface area contributed by atoms with Gasteiger partial charge in [-0.05, 0) is 33.7 Å². The van der Waals surface area contributed by atoms with Crippen molar-refractivity contribution in [3.05, 3.63) is 72.3 Å². The molecule has 32 heavy (non-hydrogen) atoms. The number of benzene rings is 4. The zero-order valence-corrected chi connectivity index (χ0v) is 18.5. The molecule has 0 saturated carbocycles. The maximum atomic E-state index is 13.0. The van der Waals surface area contributed by atoms with Gasteiger partial charge in [0.1, 0.15) is 11.5 Å². The van der Waals surface area contributed by atoms with E-state index in [1.54, 1.807) is 14.2 Å². The molecule has 0 unspecified atom stereocenters. The van der Waals surface area contributed by atoms with E-state index in [4.69, 9.17) is 18.9 Å². The average molecular weight is 431 g/mol. The van der Waals surface area contributed by atoms with Crippen molar-refractivity contribution in [2.75, 3.05) is 27.8 Å². The van der Waals surface area contributed by atoms with Gasteiger partial charge in [-0.25, -0.2) is 0 Å². The second kappa shape index (κ2) is 9.81. The molecule has 0 aliphatic carbocycles. The van der Waals surface area contributed by atoms with Crippen LogP contribution in [0.5, 0.6) is 11.5 Å². The van der Waals surface area contributed by atoms with Gasteiger partial charge in [-0.3, -0.25) is 4.79 Å². The van der Waals surface area contributed by atoms with E-state index in [0.29, 0.717) is 23.5 Å². The van der Waals surface area contributed by atoms with E-state index in [1.807, 2.05) is 67.6 Å². The molecule has 4 aromatic rings. The van der Waals surface area contributed by atoms with E-state index in [2.05, 4.69) is 6.07 Å². The van der Waals surface area contributed by atoms with Crippen LogP contribution in [0.4, 0.5) is 0 Å². The minimum absolute atomic E-state index is 0.00250. The molecule has 5 nitrogen and oxygen atoms in total. The molecule has 0 radical (unpaired) electrons. The van der Waals surface area contributed by atoms with Crippen LogP contribution in [0.15, 0.2) is 66.7 Å². The molecule has 0 spiro atoms. The molecule has 0 heterocycles. The summed E-state index contributed by atoms with van der Waals surface area (Å²) in [4.78, 5) is 13.0. The molecule has 0 aliphatic heterocycles. The first-order valence-electron chi connectivity index (χ1n) is 10.5.